The van der Waals surface area contributed by atoms with Gasteiger partial charge in [0.25, 0.3) is 5.91 Å². The van der Waals surface area contributed by atoms with Crippen molar-refractivity contribution in [2.45, 2.75) is 12.5 Å². The van der Waals surface area contributed by atoms with Gasteiger partial charge in [-0.05, 0) is 29.6 Å². The molecule has 6 nitrogen and oxygen atoms in total. The van der Waals surface area contributed by atoms with Crippen molar-refractivity contribution in [3.8, 4) is 16.3 Å². The van der Waals surface area contributed by atoms with Crippen molar-refractivity contribution in [1.82, 2.24) is 20.1 Å². The first-order valence-corrected chi connectivity index (χ1v) is 10.0. The zero-order chi connectivity index (χ0) is 18.9. The van der Waals surface area contributed by atoms with Gasteiger partial charge >= 0.3 is 0 Å². The predicted molar refractivity (Wildman–Crippen MR) is 109 cm³/mol. The van der Waals surface area contributed by atoms with Crippen molar-refractivity contribution in [3.05, 3.63) is 65.8 Å². The van der Waals surface area contributed by atoms with Crippen LogP contribution in [0.1, 0.15) is 16.9 Å². The molecule has 4 heterocycles. The molecule has 3 aromatic heterocycles. The smallest absolute Gasteiger partial charge is 0.274 e. The molecule has 1 aliphatic rings. The number of benzene rings is 1. The number of aromatic amines is 1. The van der Waals surface area contributed by atoms with Crippen LogP contribution in [0.25, 0.3) is 21.5 Å². The van der Waals surface area contributed by atoms with Gasteiger partial charge in [0.15, 0.2) is 5.69 Å². The Bertz CT molecular complexity index is 1120. The van der Waals surface area contributed by atoms with E-state index in [1.165, 1.54) is 0 Å². The summed E-state index contributed by atoms with van der Waals surface area (Å²) in [6.07, 6.45) is 2.51. The summed E-state index contributed by atoms with van der Waals surface area (Å²) < 4.78 is 6.19. The molecule has 1 aromatic carbocycles. The summed E-state index contributed by atoms with van der Waals surface area (Å²) >= 11 is 1.61. The molecule has 7 heteroatoms. The molecule has 1 unspecified atom stereocenters. The van der Waals surface area contributed by atoms with Gasteiger partial charge in [-0.15, -0.1) is 11.3 Å². The van der Waals surface area contributed by atoms with Crippen molar-refractivity contribution in [2.75, 3.05) is 13.1 Å². The standard InChI is InChI=1S/C21H18N4O2S/c26-21(17-12-16(23-24-17)19-7-3-11-28-19)25-10-8-15(13-25)27-18-6-1-4-14-5-2-9-22-20(14)18/h1-7,9,11-12,15H,8,10,13H2,(H,23,24). The fourth-order valence-corrected chi connectivity index (χ4v) is 4.20. The minimum Gasteiger partial charge on any atom is -0.486 e. The number of nitrogens with zero attached hydrogens (tertiary/aromatic N) is 3. The number of amides is 1. The van der Waals surface area contributed by atoms with Crippen molar-refractivity contribution in [2.24, 2.45) is 0 Å². The Balaban J connectivity index is 1.29. The van der Waals surface area contributed by atoms with Crippen LogP contribution in [0.2, 0.25) is 0 Å². The molecule has 0 saturated carbocycles. The van der Waals surface area contributed by atoms with Crippen LogP contribution in [0.3, 0.4) is 0 Å². The van der Waals surface area contributed by atoms with Crippen LogP contribution >= 0.6 is 11.3 Å². The van der Waals surface area contributed by atoms with Gasteiger partial charge in [-0.3, -0.25) is 14.9 Å². The zero-order valence-corrected chi connectivity index (χ0v) is 15.9. The van der Waals surface area contributed by atoms with Crippen molar-refractivity contribution in [1.29, 1.82) is 0 Å². The molecule has 1 aliphatic heterocycles. The van der Waals surface area contributed by atoms with E-state index < -0.39 is 0 Å². The normalized spacial score (nSPS) is 16.6. The molecule has 1 atom stereocenters. The maximum Gasteiger partial charge on any atom is 0.274 e. The summed E-state index contributed by atoms with van der Waals surface area (Å²) in [7, 11) is 0. The minimum atomic E-state index is -0.0683. The predicted octanol–water partition coefficient (Wildman–Crippen LogP) is 3.98. The number of rotatable bonds is 4. The van der Waals surface area contributed by atoms with Crippen LogP contribution in [-0.4, -0.2) is 45.2 Å². The van der Waals surface area contributed by atoms with Gasteiger partial charge in [-0.25, -0.2) is 0 Å². The first-order valence-electron chi connectivity index (χ1n) is 9.17. The summed E-state index contributed by atoms with van der Waals surface area (Å²) in [6, 6.07) is 15.6. The summed E-state index contributed by atoms with van der Waals surface area (Å²) in [4.78, 5) is 20.1. The number of hydrogen-bond donors (Lipinski definition) is 1. The molecular weight excluding hydrogens is 372 g/mol. The summed E-state index contributed by atoms with van der Waals surface area (Å²) in [5, 5.41) is 10.2. The van der Waals surface area contributed by atoms with Crippen molar-refractivity contribution in [3.63, 3.8) is 0 Å². The molecule has 0 radical (unpaired) electrons. The SMILES string of the molecule is O=C(c1cc(-c2cccs2)[nH]n1)N1CCC(Oc2cccc3cccnc23)C1. The van der Waals surface area contributed by atoms with Gasteiger partial charge in [-0.2, -0.15) is 5.10 Å². The number of likely N-dealkylation sites (tertiary alicyclic amines) is 1. The Labute approximate surface area is 165 Å². The van der Waals surface area contributed by atoms with Crippen LogP contribution < -0.4 is 4.74 Å². The average molecular weight is 390 g/mol. The van der Waals surface area contributed by atoms with Gasteiger partial charge in [0.2, 0.25) is 0 Å². The quantitative estimate of drug-likeness (QED) is 0.572. The molecule has 140 valence electrons. The number of fused-ring (bicyclic) bond motifs is 1. The van der Waals surface area contributed by atoms with E-state index in [0.717, 1.165) is 33.6 Å². The van der Waals surface area contributed by atoms with Gasteiger partial charge in [-0.1, -0.05) is 24.3 Å². The lowest BCUT2D eigenvalue weighted by Crippen LogP contribution is -2.31. The lowest BCUT2D eigenvalue weighted by Gasteiger charge is -2.17. The molecule has 1 fully saturated rings. The van der Waals surface area contributed by atoms with Crippen LogP contribution in [0.15, 0.2) is 60.1 Å². The number of carbonyl (C=O) groups excluding carboxylic acids is 1. The maximum atomic E-state index is 12.8. The molecule has 0 aliphatic carbocycles. The number of para-hydroxylation sites is 1. The topological polar surface area (TPSA) is 71.1 Å². The Kier molecular flexibility index (Phi) is 4.29. The lowest BCUT2D eigenvalue weighted by atomic mass is 10.2. The second-order valence-corrected chi connectivity index (χ2v) is 7.70. The number of hydrogen-bond acceptors (Lipinski definition) is 5. The highest BCUT2D eigenvalue weighted by Crippen LogP contribution is 2.27. The number of pyridine rings is 1. The van der Waals surface area contributed by atoms with Crippen molar-refractivity contribution < 1.29 is 9.53 Å². The first-order chi connectivity index (χ1) is 13.8. The third kappa shape index (κ3) is 3.14. The Morgan fingerprint density at radius 2 is 2.14 bits per heavy atom. The lowest BCUT2D eigenvalue weighted by molar-refractivity contribution is 0.0767. The first kappa shape index (κ1) is 16.9. The largest absolute Gasteiger partial charge is 0.486 e. The summed E-state index contributed by atoms with van der Waals surface area (Å²) in [6.45, 7) is 1.20. The Morgan fingerprint density at radius 1 is 1.21 bits per heavy atom. The number of nitrogens with one attached hydrogen (secondary N) is 1. The third-order valence-electron chi connectivity index (χ3n) is 4.91. The minimum absolute atomic E-state index is 0.0488. The second-order valence-electron chi connectivity index (χ2n) is 6.76. The Hall–Kier alpha value is -3.19. The fourth-order valence-electron chi connectivity index (χ4n) is 3.51. The molecule has 1 amide bonds. The third-order valence-corrected chi connectivity index (χ3v) is 5.81. The van der Waals surface area contributed by atoms with Crippen LogP contribution in [0.5, 0.6) is 5.75 Å². The molecule has 4 aromatic rings. The number of ether oxygens (including phenoxy) is 1. The number of H-pyrrole nitrogens is 1. The summed E-state index contributed by atoms with van der Waals surface area (Å²) in [5.74, 6) is 0.693. The molecule has 0 bridgehead atoms. The van der Waals surface area contributed by atoms with Gasteiger partial charge in [0, 0.05) is 24.5 Å². The number of thiophene rings is 1. The average Bonchev–Trinajstić information content (AvgIpc) is 3.48. The highest BCUT2D eigenvalue weighted by atomic mass is 32.1. The molecule has 1 N–H and O–H groups in total. The van der Waals surface area contributed by atoms with E-state index in [1.807, 2.05) is 53.9 Å². The summed E-state index contributed by atoms with van der Waals surface area (Å²) in [5.41, 5.74) is 2.16. The van der Waals surface area contributed by atoms with Crippen molar-refractivity contribution >= 4 is 28.1 Å². The van der Waals surface area contributed by atoms with Gasteiger partial charge in [0.05, 0.1) is 17.1 Å². The fraction of sp³-hybridized carbons (Fsp3) is 0.190. The van der Waals surface area contributed by atoms with Crippen LogP contribution in [0, 0.1) is 0 Å². The molecule has 5 rings (SSSR count). The second kappa shape index (κ2) is 7.09. The van der Waals surface area contributed by atoms with E-state index in [4.69, 9.17) is 4.74 Å². The highest BCUT2D eigenvalue weighted by molar-refractivity contribution is 7.13. The zero-order valence-electron chi connectivity index (χ0n) is 15.0. The highest BCUT2D eigenvalue weighted by Gasteiger charge is 2.30. The molecule has 0 spiro atoms. The van der Waals surface area contributed by atoms with Crippen LogP contribution in [-0.2, 0) is 0 Å². The van der Waals surface area contributed by atoms with Gasteiger partial charge in [0.1, 0.15) is 17.4 Å². The molecule has 1 saturated heterocycles. The number of aromatic nitrogens is 3. The Morgan fingerprint density at radius 3 is 3.04 bits per heavy atom. The number of carbonyl (C=O) groups is 1. The van der Waals surface area contributed by atoms with E-state index >= 15 is 0 Å². The monoisotopic (exact) mass is 390 g/mol. The van der Waals surface area contributed by atoms with Crippen LogP contribution in [0.4, 0.5) is 0 Å². The van der Waals surface area contributed by atoms with E-state index in [2.05, 4.69) is 15.2 Å². The van der Waals surface area contributed by atoms with E-state index in [-0.39, 0.29) is 12.0 Å². The van der Waals surface area contributed by atoms with E-state index in [1.54, 1.807) is 22.4 Å². The molecule has 28 heavy (non-hydrogen) atoms. The van der Waals surface area contributed by atoms with Gasteiger partial charge < -0.3 is 9.64 Å². The van der Waals surface area contributed by atoms with E-state index in [9.17, 15) is 4.79 Å². The maximum absolute atomic E-state index is 12.8. The molecular formula is C21H18N4O2S. The van der Waals surface area contributed by atoms with E-state index in [0.29, 0.717) is 18.8 Å².